The predicted octanol–water partition coefficient (Wildman–Crippen LogP) is 3.28. The maximum absolute atomic E-state index is 13.8. The number of nitro groups is 1. The van der Waals surface area contributed by atoms with Crippen LogP contribution in [0.3, 0.4) is 0 Å². The van der Waals surface area contributed by atoms with E-state index in [1.54, 1.807) is 12.1 Å². The molecule has 0 aliphatic rings. The fourth-order valence-corrected chi connectivity index (χ4v) is 1.89. The number of nitro benzene ring substituents is 1. The zero-order valence-corrected chi connectivity index (χ0v) is 11.7. The van der Waals surface area contributed by atoms with Crippen molar-refractivity contribution in [1.82, 2.24) is 4.98 Å². The van der Waals surface area contributed by atoms with E-state index in [4.69, 9.17) is 0 Å². The van der Waals surface area contributed by atoms with Gasteiger partial charge < -0.3 is 5.32 Å². The molecule has 0 aliphatic heterocycles. The number of nitrogens with one attached hydrogen (secondary N) is 1. The first-order chi connectivity index (χ1) is 9.90. The van der Waals surface area contributed by atoms with Crippen LogP contribution in [-0.4, -0.2) is 15.8 Å². The van der Waals surface area contributed by atoms with Crippen LogP contribution in [0.4, 0.5) is 20.3 Å². The molecule has 0 unspecified atom stereocenters. The lowest BCUT2D eigenvalue weighted by Gasteiger charge is -2.07. The van der Waals surface area contributed by atoms with Crippen molar-refractivity contribution in [3.8, 4) is 0 Å². The molecule has 1 aromatic carbocycles. The van der Waals surface area contributed by atoms with E-state index in [0.29, 0.717) is 16.7 Å². The predicted molar refractivity (Wildman–Crippen MR) is 72.9 cm³/mol. The number of carbonyl (C=O) groups is 1. The highest BCUT2D eigenvalue weighted by atomic mass is 79.9. The van der Waals surface area contributed by atoms with E-state index in [1.165, 1.54) is 6.07 Å². The summed E-state index contributed by atoms with van der Waals surface area (Å²) in [7, 11) is 0. The lowest BCUT2D eigenvalue weighted by Crippen LogP contribution is -2.17. The minimum atomic E-state index is -1.53. The van der Waals surface area contributed by atoms with Crippen molar-refractivity contribution in [2.45, 2.75) is 0 Å². The molecule has 2 aromatic rings. The van der Waals surface area contributed by atoms with E-state index in [2.05, 4.69) is 26.2 Å². The average Bonchev–Trinajstić information content (AvgIpc) is 2.38. The molecule has 21 heavy (non-hydrogen) atoms. The molecule has 0 saturated heterocycles. The minimum Gasteiger partial charge on any atom is -0.306 e. The standard InChI is InChI=1S/C12H6BrF2N3O3/c13-8-2-1-3-9(16-8)17-12(19)10-6(14)4-5-7(11(10)15)18(20)21/h1-5H,(H,16,17,19). The van der Waals surface area contributed by atoms with Gasteiger partial charge >= 0.3 is 5.69 Å². The maximum atomic E-state index is 13.8. The summed E-state index contributed by atoms with van der Waals surface area (Å²) in [5.74, 6) is -3.86. The quantitative estimate of drug-likeness (QED) is 0.518. The zero-order valence-electron chi connectivity index (χ0n) is 10.1. The third kappa shape index (κ3) is 3.19. The van der Waals surface area contributed by atoms with Gasteiger partial charge in [-0.15, -0.1) is 0 Å². The fraction of sp³-hybridized carbons (Fsp3) is 0. The molecule has 0 radical (unpaired) electrons. The molecule has 0 spiro atoms. The van der Waals surface area contributed by atoms with E-state index >= 15 is 0 Å². The van der Waals surface area contributed by atoms with Crippen LogP contribution >= 0.6 is 15.9 Å². The summed E-state index contributed by atoms with van der Waals surface area (Å²) >= 11 is 3.07. The Morgan fingerprint density at radius 3 is 2.62 bits per heavy atom. The molecule has 1 heterocycles. The second-order valence-electron chi connectivity index (χ2n) is 3.81. The fourth-order valence-electron chi connectivity index (χ4n) is 1.55. The molecule has 0 saturated carbocycles. The van der Waals surface area contributed by atoms with Crippen molar-refractivity contribution in [2.75, 3.05) is 5.32 Å². The Morgan fingerprint density at radius 1 is 1.29 bits per heavy atom. The summed E-state index contributed by atoms with van der Waals surface area (Å²) in [6.45, 7) is 0. The number of amides is 1. The summed E-state index contributed by atoms with van der Waals surface area (Å²) in [4.78, 5) is 25.3. The van der Waals surface area contributed by atoms with Gasteiger partial charge in [0.25, 0.3) is 5.91 Å². The first kappa shape index (κ1) is 15.0. The highest BCUT2D eigenvalue weighted by molar-refractivity contribution is 9.10. The Balaban J connectivity index is 2.39. The molecule has 0 aliphatic carbocycles. The molecule has 1 aromatic heterocycles. The number of hydrogen-bond acceptors (Lipinski definition) is 4. The van der Waals surface area contributed by atoms with Crippen molar-refractivity contribution < 1.29 is 18.5 Å². The normalized spacial score (nSPS) is 10.2. The van der Waals surface area contributed by atoms with Gasteiger partial charge in [0, 0.05) is 6.07 Å². The van der Waals surface area contributed by atoms with Crippen LogP contribution in [0.25, 0.3) is 0 Å². The Morgan fingerprint density at radius 2 is 2.00 bits per heavy atom. The number of hydrogen-bond donors (Lipinski definition) is 1. The lowest BCUT2D eigenvalue weighted by atomic mass is 10.1. The van der Waals surface area contributed by atoms with Crippen LogP contribution in [0.2, 0.25) is 0 Å². The van der Waals surface area contributed by atoms with Crippen LogP contribution < -0.4 is 5.32 Å². The highest BCUT2D eigenvalue weighted by Crippen LogP contribution is 2.24. The molecule has 0 bridgehead atoms. The van der Waals surface area contributed by atoms with E-state index in [1.807, 2.05) is 0 Å². The molecule has 9 heteroatoms. The molecule has 0 atom stereocenters. The number of carbonyl (C=O) groups excluding carboxylic acids is 1. The highest BCUT2D eigenvalue weighted by Gasteiger charge is 2.26. The van der Waals surface area contributed by atoms with Crippen molar-refractivity contribution in [2.24, 2.45) is 0 Å². The van der Waals surface area contributed by atoms with Crippen LogP contribution in [0.1, 0.15) is 10.4 Å². The second kappa shape index (κ2) is 5.92. The molecule has 2 rings (SSSR count). The number of halogens is 3. The molecule has 1 amide bonds. The van der Waals surface area contributed by atoms with E-state index in [9.17, 15) is 23.7 Å². The van der Waals surface area contributed by atoms with E-state index < -0.39 is 33.7 Å². The number of aromatic nitrogens is 1. The van der Waals surface area contributed by atoms with Gasteiger partial charge in [-0.2, -0.15) is 4.39 Å². The smallest absolute Gasteiger partial charge is 0.305 e. The summed E-state index contributed by atoms with van der Waals surface area (Å²) in [6.07, 6.45) is 0. The van der Waals surface area contributed by atoms with Crippen molar-refractivity contribution >= 4 is 33.3 Å². The largest absolute Gasteiger partial charge is 0.306 e. The Labute approximate surface area is 125 Å². The third-order valence-corrected chi connectivity index (χ3v) is 2.89. The van der Waals surface area contributed by atoms with Gasteiger partial charge in [0.15, 0.2) is 0 Å². The van der Waals surface area contributed by atoms with E-state index in [0.717, 1.165) is 0 Å². The number of benzene rings is 1. The van der Waals surface area contributed by atoms with Gasteiger partial charge in [0.1, 0.15) is 21.8 Å². The van der Waals surface area contributed by atoms with Gasteiger partial charge in [-0.05, 0) is 34.1 Å². The number of rotatable bonds is 3. The van der Waals surface area contributed by atoms with Crippen molar-refractivity contribution in [3.63, 3.8) is 0 Å². The number of anilines is 1. The molecular weight excluding hydrogens is 352 g/mol. The first-order valence-corrected chi connectivity index (χ1v) is 6.25. The van der Waals surface area contributed by atoms with Crippen molar-refractivity contribution in [1.29, 1.82) is 0 Å². The average molecular weight is 358 g/mol. The van der Waals surface area contributed by atoms with Gasteiger partial charge in [0.2, 0.25) is 5.82 Å². The Kier molecular flexibility index (Phi) is 4.22. The van der Waals surface area contributed by atoms with Crippen LogP contribution in [-0.2, 0) is 0 Å². The molecule has 108 valence electrons. The monoisotopic (exact) mass is 357 g/mol. The van der Waals surface area contributed by atoms with Crippen LogP contribution in [0.5, 0.6) is 0 Å². The molecule has 1 N–H and O–H groups in total. The van der Waals surface area contributed by atoms with Crippen LogP contribution in [0, 0.1) is 21.7 Å². The van der Waals surface area contributed by atoms with Crippen LogP contribution in [0.15, 0.2) is 34.9 Å². The van der Waals surface area contributed by atoms with Gasteiger partial charge in [-0.3, -0.25) is 14.9 Å². The lowest BCUT2D eigenvalue weighted by molar-refractivity contribution is -0.387. The maximum Gasteiger partial charge on any atom is 0.305 e. The van der Waals surface area contributed by atoms with Crippen molar-refractivity contribution in [3.05, 3.63) is 62.2 Å². The number of pyridine rings is 1. The molecule has 0 fully saturated rings. The first-order valence-electron chi connectivity index (χ1n) is 5.46. The van der Waals surface area contributed by atoms with Gasteiger partial charge in [-0.1, -0.05) is 6.07 Å². The minimum absolute atomic E-state index is 0.0414. The molecular formula is C12H6BrF2N3O3. The summed E-state index contributed by atoms with van der Waals surface area (Å²) in [6, 6.07) is 5.84. The Bertz CT molecular complexity index is 740. The Hall–Kier alpha value is -2.42. The number of nitrogens with zero attached hydrogens (tertiary/aromatic N) is 2. The second-order valence-corrected chi connectivity index (χ2v) is 4.62. The summed E-state index contributed by atoms with van der Waals surface area (Å²) in [5.41, 5.74) is -2.02. The molecule has 6 nitrogen and oxygen atoms in total. The summed E-state index contributed by atoms with van der Waals surface area (Å²) in [5, 5.41) is 12.8. The van der Waals surface area contributed by atoms with Gasteiger partial charge in [-0.25, -0.2) is 9.37 Å². The van der Waals surface area contributed by atoms with E-state index in [-0.39, 0.29) is 5.82 Å². The topological polar surface area (TPSA) is 85.1 Å². The third-order valence-electron chi connectivity index (χ3n) is 2.45. The SMILES string of the molecule is O=C(Nc1cccc(Br)n1)c1c(F)ccc([N+](=O)[O-])c1F. The zero-order chi connectivity index (χ0) is 15.6. The van der Waals surface area contributed by atoms with Gasteiger partial charge in [0.05, 0.1) is 4.92 Å². The summed E-state index contributed by atoms with van der Waals surface area (Å²) < 4.78 is 27.8.